The molecule has 172 valence electrons. The van der Waals surface area contributed by atoms with Gasteiger partial charge < -0.3 is 9.84 Å². The molecule has 0 saturated heterocycles. The third kappa shape index (κ3) is 6.84. The lowest BCUT2D eigenvalue weighted by Crippen LogP contribution is -2.22. The first-order chi connectivity index (χ1) is 15.6. The van der Waals surface area contributed by atoms with Gasteiger partial charge in [0.1, 0.15) is 11.5 Å². The van der Waals surface area contributed by atoms with E-state index < -0.39 is 0 Å². The van der Waals surface area contributed by atoms with Crippen LogP contribution in [0, 0.1) is 5.92 Å². The molecule has 0 unspecified atom stereocenters. The van der Waals surface area contributed by atoms with Crippen molar-refractivity contribution in [2.75, 3.05) is 6.61 Å². The number of carbonyl (C=O) groups excluding carboxylic acids is 1. The van der Waals surface area contributed by atoms with Gasteiger partial charge in [-0.2, -0.15) is 5.10 Å². The van der Waals surface area contributed by atoms with Gasteiger partial charge >= 0.3 is 0 Å². The molecule has 0 spiro atoms. The molecule has 0 radical (unpaired) electrons. The predicted octanol–water partition coefficient (Wildman–Crippen LogP) is 6.17. The Bertz CT molecular complexity index is 895. The number of unbranched alkanes of at least 4 members (excludes halogenated alkanes) is 4. The van der Waals surface area contributed by atoms with Crippen LogP contribution in [-0.4, -0.2) is 23.3 Å². The van der Waals surface area contributed by atoms with E-state index in [1.54, 1.807) is 6.07 Å². The van der Waals surface area contributed by atoms with Crippen molar-refractivity contribution in [2.24, 2.45) is 11.0 Å². The first-order valence-electron chi connectivity index (χ1n) is 12.0. The molecule has 32 heavy (non-hydrogen) atoms. The van der Waals surface area contributed by atoms with Crippen LogP contribution in [0.3, 0.4) is 0 Å². The van der Waals surface area contributed by atoms with E-state index in [2.05, 4.69) is 36.5 Å². The molecule has 2 aromatic rings. The number of aromatic hydroxyl groups is 1. The summed E-state index contributed by atoms with van der Waals surface area (Å²) < 4.78 is 5.78. The maximum Gasteiger partial charge on any atom is 0.243 e. The third-order valence-corrected chi connectivity index (χ3v) is 5.94. The van der Waals surface area contributed by atoms with Crippen molar-refractivity contribution in [3.05, 3.63) is 59.7 Å². The van der Waals surface area contributed by atoms with Crippen LogP contribution in [0.15, 0.2) is 53.6 Å². The summed E-state index contributed by atoms with van der Waals surface area (Å²) in [7, 11) is 0. The molecule has 1 amide bonds. The molecule has 1 fully saturated rings. The van der Waals surface area contributed by atoms with E-state index in [4.69, 9.17) is 4.74 Å². The second-order valence-corrected chi connectivity index (χ2v) is 8.59. The van der Waals surface area contributed by atoms with Crippen molar-refractivity contribution in [3.8, 4) is 11.5 Å². The fourth-order valence-corrected chi connectivity index (χ4v) is 3.99. The van der Waals surface area contributed by atoms with Crippen molar-refractivity contribution in [3.63, 3.8) is 0 Å². The summed E-state index contributed by atoms with van der Waals surface area (Å²) in [6, 6.07) is 15.4. The Hall–Kier alpha value is -2.82. The SMILES string of the molecule is CCCCCCCOc1ccc(C(CCC)=NNC(=O)[C@@H]2C[C@H]2c2ccccc2)c(O)c1. The van der Waals surface area contributed by atoms with E-state index in [0.29, 0.717) is 30.1 Å². The van der Waals surface area contributed by atoms with E-state index in [-0.39, 0.29) is 23.5 Å². The summed E-state index contributed by atoms with van der Waals surface area (Å²) in [5.41, 5.74) is 5.25. The van der Waals surface area contributed by atoms with Gasteiger partial charge in [-0.25, -0.2) is 5.43 Å². The Morgan fingerprint density at radius 1 is 1.06 bits per heavy atom. The average Bonchev–Trinajstić information content (AvgIpc) is 3.61. The second kappa shape index (κ2) is 12.3. The third-order valence-electron chi connectivity index (χ3n) is 5.94. The molecule has 2 N–H and O–H groups in total. The van der Waals surface area contributed by atoms with Gasteiger partial charge in [-0.3, -0.25) is 4.79 Å². The van der Waals surface area contributed by atoms with Gasteiger partial charge in [0.2, 0.25) is 5.91 Å². The van der Waals surface area contributed by atoms with Gasteiger partial charge in [0.25, 0.3) is 0 Å². The second-order valence-electron chi connectivity index (χ2n) is 8.59. The van der Waals surface area contributed by atoms with Gasteiger partial charge in [-0.15, -0.1) is 0 Å². The van der Waals surface area contributed by atoms with Crippen LogP contribution in [0.2, 0.25) is 0 Å². The van der Waals surface area contributed by atoms with Crippen LogP contribution < -0.4 is 10.2 Å². The molecule has 0 heterocycles. The lowest BCUT2D eigenvalue weighted by atomic mass is 10.0. The molecule has 0 aromatic heterocycles. The molecule has 5 nitrogen and oxygen atoms in total. The molecule has 2 atom stereocenters. The largest absolute Gasteiger partial charge is 0.507 e. The number of ether oxygens (including phenoxy) is 1. The molecule has 3 rings (SSSR count). The molecule has 0 bridgehead atoms. The number of amides is 1. The fourth-order valence-electron chi connectivity index (χ4n) is 3.99. The number of nitrogens with zero attached hydrogens (tertiary/aromatic N) is 1. The number of rotatable bonds is 13. The number of phenols is 1. The zero-order valence-electron chi connectivity index (χ0n) is 19.3. The number of hydrazone groups is 1. The number of carbonyl (C=O) groups is 1. The highest BCUT2D eigenvalue weighted by molar-refractivity contribution is 6.03. The highest BCUT2D eigenvalue weighted by atomic mass is 16.5. The molecule has 5 heteroatoms. The van der Waals surface area contributed by atoms with Gasteiger partial charge in [-0.1, -0.05) is 76.3 Å². The highest BCUT2D eigenvalue weighted by Gasteiger charge is 2.43. The Labute approximate surface area is 191 Å². The van der Waals surface area contributed by atoms with Crippen LogP contribution in [0.4, 0.5) is 0 Å². The quantitative estimate of drug-likeness (QED) is 0.224. The molecule has 2 aromatic carbocycles. The Morgan fingerprint density at radius 2 is 1.84 bits per heavy atom. The molecule has 1 aliphatic rings. The number of nitrogens with one attached hydrogen (secondary N) is 1. The minimum atomic E-state index is -0.0602. The van der Waals surface area contributed by atoms with Gasteiger partial charge in [0, 0.05) is 17.5 Å². The van der Waals surface area contributed by atoms with Crippen LogP contribution in [0.25, 0.3) is 0 Å². The molecule has 1 aliphatic carbocycles. The summed E-state index contributed by atoms with van der Waals surface area (Å²) in [6.07, 6.45) is 8.29. The summed E-state index contributed by atoms with van der Waals surface area (Å²) in [4.78, 5) is 12.6. The van der Waals surface area contributed by atoms with E-state index >= 15 is 0 Å². The Morgan fingerprint density at radius 3 is 2.56 bits per heavy atom. The molecule has 0 aliphatic heterocycles. The van der Waals surface area contributed by atoms with Crippen molar-refractivity contribution in [2.45, 2.75) is 71.1 Å². The smallest absolute Gasteiger partial charge is 0.243 e. The first-order valence-corrected chi connectivity index (χ1v) is 12.0. The van der Waals surface area contributed by atoms with Crippen molar-refractivity contribution in [1.82, 2.24) is 5.43 Å². The lowest BCUT2D eigenvalue weighted by Gasteiger charge is -2.11. The minimum absolute atomic E-state index is 0.0364. The number of hydrogen-bond acceptors (Lipinski definition) is 4. The van der Waals surface area contributed by atoms with E-state index in [1.165, 1.54) is 24.8 Å². The summed E-state index contributed by atoms with van der Waals surface area (Å²) >= 11 is 0. The highest BCUT2D eigenvalue weighted by Crippen LogP contribution is 2.47. The van der Waals surface area contributed by atoms with Gasteiger partial charge in [0.15, 0.2) is 0 Å². The van der Waals surface area contributed by atoms with E-state index in [1.807, 2.05) is 30.3 Å². The molecular weight excluding hydrogens is 400 g/mol. The number of phenolic OH excluding ortho intramolecular Hbond substituents is 1. The Kier molecular flexibility index (Phi) is 9.14. The summed E-state index contributed by atoms with van der Waals surface area (Å²) in [5.74, 6) is 0.961. The zero-order chi connectivity index (χ0) is 22.8. The Balaban J connectivity index is 1.56. The molecular formula is C27H36N2O3. The standard InChI is InChI=1S/C27H36N2O3/c1-3-5-6-7-11-17-32-21-15-16-22(26(30)18-21)25(12-4-2)28-29-27(31)24-19-23(24)20-13-9-8-10-14-20/h8-10,13-16,18,23-24,30H,3-7,11-12,17,19H2,1-2H3,(H,29,31)/t23-,24+/m0/s1. The number of hydrogen-bond donors (Lipinski definition) is 2. The van der Waals surface area contributed by atoms with Gasteiger partial charge in [-0.05, 0) is 42.9 Å². The van der Waals surface area contributed by atoms with Crippen molar-refractivity contribution < 1.29 is 14.6 Å². The fraction of sp³-hybridized carbons (Fsp3) is 0.481. The monoisotopic (exact) mass is 436 g/mol. The van der Waals surface area contributed by atoms with Crippen molar-refractivity contribution >= 4 is 11.6 Å². The summed E-state index contributed by atoms with van der Waals surface area (Å²) in [6.45, 7) is 4.91. The van der Waals surface area contributed by atoms with E-state index in [9.17, 15) is 9.90 Å². The molecule has 1 saturated carbocycles. The maximum atomic E-state index is 12.6. The predicted molar refractivity (Wildman–Crippen MR) is 129 cm³/mol. The van der Waals surface area contributed by atoms with Crippen LogP contribution in [0.5, 0.6) is 11.5 Å². The lowest BCUT2D eigenvalue weighted by molar-refractivity contribution is -0.122. The minimum Gasteiger partial charge on any atom is -0.507 e. The van der Waals surface area contributed by atoms with Gasteiger partial charge in [0.05, 0.1) is 12.3 Å². The normalized spacial score (nSPS) is 17.8. The van der Waals surface area contributed by atoms with Crippen molar-refractivity contribution in [1.29, 1.82) is 0 Å². The number of benzene rings is 2. The maximum absolute atomic E-state index is 12.6. The summed E-state index contributed by atoms with van der Waals surface area (Å²) in [5, 5.41) is 14.9. The van der Waals surface area contributed by atoms with Crippen LogP contribution >= 0.6 is 0 Å². The van der Waals surface area contributed by atoms with Crippen LogP contribution in [0.1, 0.15) is 82.3 Å². The van der Waals surface area contributed by atoms with Crippen LogP contribution in [-0.2, 0) is 4.79 Å². The van der Waals surface area contributed by atoms with E-state index in [0.717, 1.165) is 25.7 Å². The average molecular weight is 437 g/mol. The first kappa shape index (κ1) is 23.8. The zero-order valence-corrected chi connectivity index (χ0v) is 19.3. The topological polar surface area (TPSA) is 70.9 Å².